The number of amides is 1. The summed E-state index contributed by atoms with van der Waals surface area (Å²) >= 11 is 0. The standard InChI is InChI=1S/C12H15N5O2/c1-8-15-16-11-3-2-9(4-5-17(8)11)14-12(18)10-6-13-7-19-10/h6-7,9H,2-5H2,1H3,(H,14,18). The Hall–Kier alpha value is -2.18. The summed E-state index contributed by atoms with van der Waals surface area (Å²) in [7, 11) is 0. The smallest absolute Gasteiger partial charge is 0.288 e. The van der Waals surface area contributed by atoms with E-state index in [1.54, 1.807) is 0 Å². The van der Waals surface area contributed by atoms with Crippen molar-refractivity contribution in [2.24, 2.45) is 0 Å². The van der Waals surface area contributed by atoms with Crippen molar-refractivity contribution in [2.45, 2.75) is 38.8 Å². The van der Waals surface area contributed by atoms with Gasteiger partial charge >= 0.3 is 0 Å². The van der Waals surface area contributed by atoms with E-state index in [1.165, 1.54) is 12.6 Å². The lowest BCUT2D eigenvalue weighted by Crippen LogP contribution is -2.35. The minimum Gasteiger partial charge on any atom is -0.438 e. The Kier molecular flexibility index (Phi) is 3.02. The van der Waals surface area contributed by atoms with E-state index in [-0.39, 0.29) is 17.7 Å². The quantitative estimate of drug-likeness (QED) is 0.860. The fraction of sp³-hybridized carbons (Fsp3) is 0.500. The molecule has 2 aromatic rings. The van der Waals surface area contributed by atoms with Crippen LogP contribution in [0.2, 0.25) is 0 Å². The molecule has 1 N–H and O–H groups in total. The van der Waals surface area contributed by atoms with Crippen molar-refractivity contribution in [2.75, 3.05) is 0 Å². The highest BCUT2D eigenvalue weighted by Crippen LogP contribution is 2.15. The molecule has 1 unspecified atom stereocenters. The molecule has 7 heteroatoms. The maximum atomic E-state index is 11.9. The predicted octanol–water partition coefficient (Wildman–Crippen LogP) is 0.709. The monoisotopic (exact) mass is 261 g/mol. The molecule has 2 aromatic heterocycles. The minimum atomic E-state index is -0.211. The summed E-state index contributed by atoms with van der Waals surface area (Å²) in [5.74, 6) is 1.96. The lowest BCUT2D eigenvalue weighted by atomic mass is 10.1. The van der Waals surface area contributed by atoms with Gasteiger partial charge in [0.05, 0.1) is 6.20 Å². The normalized spacial score (nSPS) is 18.7. The van der Waals surface area contributed by atoms with E-state index >= 15 is 0 Å². The maximum absolute atomic E-state index is 11.9. The van der Waals surface area contributed by atoms with Gasteiger partial charge in [0.25, 0.3) is 5.91 Å². The van der Waals surface area contributed by atoms with E-state index in [0.717, 1.165) is 37.5 Å². The van der Waals surface area contributed by atoms with E-state index in [0.29, 0.717) is 0 Å². The van der Waals surface area contributed by atoms with Gasteiger partial charge in [0, 0.05) is 19.0 Å². The molecule has 1 aliphatic heterocycles. The number of hydrogen-bond acceptors (Lipinski definition) is 5. The Bertz CT molecular complexity index is 575. The van der Waals surface area contributed by atoms with Crippen molar-refractivity contribution in [1.82, 2.24) is 25.1 Å². The minimum absolute atomic E-state index is 0.124. The van der Waals surface area contributed by atoms with Crippen molar-refractivity contribution in [3.63, 3.8) is 0 Å². The summed E-state index contributed by atoms with van der Waals surface area (Å²) in [6.45, 7) is 2.78. The van der Waals surface area contributed by atoms with Crippen LogP contribution >= 0.6 is 0 Å². The second kappa shape index (κ2) is 4.83. The zero-order chi connectivity index (χ0) is 13.2. The Labute approximate surface area is 110 Å². The van der Waals surface area contributed by atoms with Crippen LogP contribution in [0.5, 0.6) is 0 Å². The summed E-state index contributed by atoms with van der Waals surface area (Å²) in [5.41, 5.74) is 0. The van der Waals surface area contributed by atoms with Gasteiger partial charge in [-0.2, -0.15) is 0 Å². The van der Waals surface area contributed by atoms with Gasteiger partial charge in [0.2, 0.25) is 5.76 Å². The van der Waals surface area contributed by atoms with Crippen LogP contribution in [0.3, 0.4) is 0 Å². The van der Waals surface area contributed by atoms with E-state index < -0.39 is 0 Å². The first-order valence-electron chi connectivity index (χ1n) is 6.32. The Morgan fingerprint density at radius 1 is 1.47 bits per heavy atom. The number of aryl methyl sites for hydroxylation is 2. The van der Waals surface area contributed by atoms with Crippen LogP contribution in [0.15, 0.2) is 17.0 Å². The third-order valence-corrected chi connectivity index (χ3v) is 3.42. The third kappa shape index (κ3) is 2.35. The molecule has 0 radical (unpaired) electrons. The van der Waals surface area contributed by atoms with Crippen LogP contribution in [0.25, 0.3) is 0 Å². The summed E-state index contributed by atoms with van der Waals surface area (Å²) in [4.78, 5) is 15.6. The molecule has 0 saturated carbocycles. The number of nitrogens with one attached hydrogen (secondary N) is 1. The largest absolute Gasteiger partial charge is 0.438 e. The van der Waals surface area contributed by atoms with Crippen LogP contribution in [0, 0.1) is 6.92 Å². The highest BCUT2D eigenvalue weighted by Gasteiger charge is 2.21. The topological polar surface area (TPSA) is 85.8 Å². The number of nitrogens with zero attached hydrogens (tertiary/aromatic N) is 4. The Morgan fingerprint density at radius 3 is 3.16 bits per heavy atom. The molecule has 3 rings (SSSR count). The lowest BCUT2D eigenvalue weighted by molar-refractivity contribution is 0.0905. The molecule has 1 aliphatic rings. The molecule has 100 valence electrons. The number of fused-ring (bicyclic) bond motifs is 1. The molecule has 7 nitrogen and oxygen atoms in total. The number of hydrogen-bond donors (Lipinski definition) is 1. The number of aromatic nitrogens is 4. The second-order valence-corrected chi connectivity index (χ2v) is 4.68. The van der Waals surface area contributed by atoms with Gasteiger partial charge in [-0.15, -0.1) is 10.2 Å². The molecule has 0 spiro atoms. The number of rotatable bonds is 2. The van der Waals surface area contributed by atoms with Crippen molar-refractivity contribution in [3.05, 3.63) is 30.0 Å². The van der Waals surface area contributed by atoms with Gasteiger partial charge in [-0.1, -0.05) is 0 Å². The molecule has 0 aliphatic carbocycles. The van der Waals surface area contributed by atoms with Crippen molar-refractivity contribution < 1.29 is 9.21 Å². The number of carbonyl (C=O) groups is 1. The first kappa shape index (κ1) is 11.9. The average molecular weight is 261 g/mol. The zero-order valence-corrected chi connectivity index (χ0v) is 10.7. The molecule has 3 heterocycles. The van der Waals surface area contributed by atoms with Crippen LogP contribution in [-0.4, -0.2) is 31.7 Å². The molecule has 1 atom stereocenters. The van der Waals surface area contributed by atoms with Gasteiger partial charge in [0.1, 0.15) is 11.6 Å². The fourth-order valence-electron chi connectivity index (χ4n) is 2.36. The fourth-order valence-corrected chi connectivity index (χ4v) is 2.36. The molecular formula is C12H15N5O2. The van der Waals surface area contributed by atoms with E-state index in [2.05, 4.69) is 25.1 Å². The molecule has 0 saturated heterocycles. The number of carbonyl (C=O) groups excluding carboxylic acids is 1. The third-order valence-electron chi connectivity index (χ3n) is 3.42. The van der Waals surface area contributed by atoms with Crippen LogP contribution < -0.4 is 5.32 Å². The average Bonchev–Trinajstić information content (AvgIpc) is 2.99. The predicted molar refractivity (Wildman–Crippen MR) is 65.5 cm³/mol. The van der Waals surface area contributed by atoms with E-state index in [1.807, 2.05) is 6.92 Å². The summed E-state index contributed by atoms with van der Waals surface area (Å²) in [6, 6.07) is 0.124. The summed E-state index contributed by atoms with van der Waals surface area (Å²) < 4.78 is 7.10. The molecular weight excluding hydrogens is 246 g/mol. The van der Waals surface area contributed by atoms with Gasteiger partial charge < -0.3 is 14.3 Å². The second-order valence-electron chi connectivity index (χ2n) is 4.68. The van der Waals surface area contributed by atoms with Crippen LogP contribution in [0.1, 0.15) is 35.0 Å². The molecule has 0 bridgehead atoms. The summed E-state index contributed by atoms with van der Waals surface area (Å²) in [6.07, 6.45) is 5.23. The highest BCUT2D eigenvalue weighted by molar-refractivity contribution is 5.91. The number of oxazole rings is 1. The van der Waals surface area contributed by atoms with Crippen molar-refractivity contribution in [3.8, 4) is 0 Å². The first-order valence-corrected chi connectivity index (χ1v) is 6.32. The summed E-state index contributed by atoms with van der Waals surface area (Å²) in [5, 5.41) is 11.2. The highest BCUT2D eigenvalue weighted by atomic mass is 16.3. The van der Waals surface area contributed by atoms with Crippen LogP contribution in [-0.2, 0) is 13.0 Å². The molecule has 19 heavy (non-hydrogen) atoms. The Balaban J connectivity index is 1.64. The maximum Gasteiger partial charge on any atom is 0.288 e. The molecule has 1 amide bonds. The van der Waals surface area contributed by atoms with E-state index in [4.69, 9.17) is 4.42 Å². The van der Waals surface area contributed by atoms with Crippen molar-refractivity contribution >= 4 is 5.91 Å². The van der Waals surface area contributed by atoms with E-state index in [9.17, 15) is 4.79 Å². The zero-order valence-electron chi connectivity index (χ0n) is 10.7. The molecule has 0 aromatic carbocycles. The lowest BCUT2D eigenvalue weighted by Gasteiger charge is -2.14. The van der Waals surface area contributed by atoms with Crippen LogP contribution in [0.4, 0.5) is 0 Å². The van der Waals surface area contributed by atoms with Crippen molar-refractivity contribution in [1.29, 1.82) is 0 Å². The van der Waals surface area contributed by atoms with Gasteiger partial charge in [-0.3, -0.25) is 4.79 Å². The van der Waals surface area contributed by atoms with Gasteiger partial charge in [0.15, 0.2) is 6.39 Å². The first-order chi connectivity index (χ1) is 9.24. The van der Waals surface area contributed by atoms with Gasteiger partial charge in [-0.05, 0) is 19.8 Å². The molecule has 0 fully saturated rings. The SMILES string of the molecule is Cc1nnc2n1CCC(NC(=O)c1cnco1)CC2. The Morgan fingerprint density at radius 2 is 2.37 bits per heavy atom. The van der Waals surface area contributed by atoms with Gasteiger partial charge in [-0.25, -0.2) is 4.98 Å².